The highest BCUT2D eigenvalue weighted by molar-refractivity contribution is 6.36. The molecule has 0 saturated carbocycles. The minimum absolute atomic E-state index is 0.274. The number of nitrogens with one attached hydrogen (secondary N) is 2. The molecule has 0 fully saturated rings. The first kappa shape index (κ1) is 18.3. The maximum atomic E-state index is 12.9. The standard InChI is InChI=1S/C17H16Cl2N4O3/c1-8-7-12(22-26-8)20-16(24)13-9(2)23(3)17(25)21-15(13)14-10(18)5-4-6-11(14)19/h4-7,15H,1-3H3,(H,21,25)(H,20,22,24). The van der Waals surface area contributed by atoms with Crippen LogP contribution in [0.2, 0.25) is 10.0 Å². The van der Waals surface area contributed by atoms with Gasteiger partial charge in [0.25, 0.3) is 5.91 Å². The number of nitrogens with zero attached hydrogens (tertiary/aromatic N) is 2. The van der Waals surface area contributed by atoms with Crippen molar-refractivity contribution in [3.05, 3.63) is 56.9 Å². The quantitative estimate of drug-likeness (QED) is 0.825. The monoisotopic (exact) mass is 394 g/mol. The number of aromatic nitrogens is 1. The van der Waals surface area contributed by atoms with Crippen LogP contribution in [0, 0.1) is 6.92 Å². The van der Waals surface area contributed by atoms with E-state index in [1.54, 1.807) is 45.2 Å². The number of halogens is 2. The predicted molar refractivity (Wildman–Crippen MR) is 98.1 cm³/mol. The molecule has 2 N–H and O–H groups in total. The summed E-state index contributed by atoms with van der Waals surface area (Å²) in [6.07, 6.45) is 0. The summed E-state index contributed by atoms with van der Waals surface area (Å²) in [4.78, 5) is 26.6. The van der Waals surface area contributed by atoms with Gasteiger partial charge >= 0.3 is 6.03 Å². The van der Waals surface area contributed by atoms with Crippen molar-refractivity contribution in [1.82, 2.24) is 15.4 Å². The molecule has 0 saturated heterocycles. The molecule has 26 heavy (non-hydrogen) atoms. The lowest BCUT2D eigenvalue weighted by atomic mass is 9.94. The highest BCUT2D eigenvalue weighted by atomic mass is 35.5. The molecule has 1 aromatic carbocycles. The summed E-state index contributed by atoms with van der Waals surface area (Å²) in [6.45, 7) is 3.40. The van der Waals surface area contributed by atoms with Gasteiger partial charge in [-0.05, 0) is 26.0 Å². The Labute approximate surface area is 159 Å². The Morgan fingerprint density at radius 3 is 2.54 bits per heavy atom. The third-order valence-corrected chi connectivity index (χ3v) is 4.82. The summed E-state index contributed by atoms with van der Waals surface area (Å²) >= 11 is 12.6. The van der Waals surface area contributed by atoms with E-state index in [4.69, 9.17) is 27.7 Å². The minimum atomic E-state index is -0.798. The van der Waals surface area contributed by atoms with Crippen molar-refractivity contribution in [3.63, 3.8) is 0 Å². The Kier molecular flexibility index (Phi) is 4.93. The Morgan fingerprint density at radius 1 is 1.31 bits per heavy atom. The van der Waals surface area contributed by atoms with E-state index in [9.17, 15) is 9.59 Å². The molecule has 0 aliphatic carbocycles. The Morgan fingerprint density at radius 2 is 1.96 bits per heavy atom. The van der Waals surface area contributed by atoms with Crippen LogP contribution < -0.4 is 10.6 Å². The normalized spacial score (nSPS) is 17.3. The molecule has 3 rings (SSSR count). The lowest BCUT2D eigenvalue weighted by Gasteiger charge is -2.34. The van der Waals surface area contributed by atoms with Gasteiger partial charge < -0.3 is 20.1 Å². The lowest BCUT2D eigenvalue weighted by molar-refractivity contribution is -0.113. The zero-order valence-electron chi connectivity index (χ0n) is 14.3. The molecule has 7 nitrogen and oxygen atoms in total. The van der Waals surface area contributed by atoms with Crippen LogP contribution in [0.25, 0.3) is 0 Å². The van der Waals surface area contributed by atoms with E-state index in [-0.39, 0.29) is 11.8 Å². The van der Waals surface area contributed by atoms with E-state index in [1.807, 2.05) is 0 Å². The number of rotatable bonds is 3. The Hall–Kier alpha value is -2.51. The van der Waals surface area contributed by atoms with Crippen molar-refractivity contribution in [1.29, 1.82) is 0 Å². The zero-order valence-corrected chi connectivity index (χ0v) is 15.8. The van der Waals surface area contributed by atoms with Gasteiger partial charge in [0.15, 0.2) is 5.82 Å². The molecular formula is C17H16Cl2N4O3. The van der Waals surface area contributed by atoms with Crippen molar-refractivity contribution >= 4 is 41.0 Å². The molecule has 136 valence electrons. The average molecular weight is 395 g/mol. The highest BCUT2D eigenvalue weighted by Gasteiger charge is 2.36. The van der Waals surface area contributed by atoms with E-state index in [1.165, 1.54) is 4.90 Å². The number of urea groups is 1. The number of aryl methyl sites for hydroxylation is 1. The first-order valence-electron chi connectivity index (χ1n) is 7.73. The first-order chi connectivity index (χ1) is 12.3. The molecule has 1 aliphatic rings. The van der Waals surface area contributed by atoms with Gasteiger partial charge in [0.1, 0.15) is 5.76 Å². The molecule has 0 spiro atoms. The van der Waals surface area contributed by atoms with E-state index in [0.717, 1.165) is 0 Å². The van der Waals surface area contributed by atoms with Crippen molar-refractivity contribution in [2.24, 2.45) is 0 Å². The molecular weight excluding hydrogens is 379 g/mol. The third-order valence-electron chi connectivity index (χ3n) is 4.16. The number of carbonyl (C=O) groups is 2. The fourth-order valence-electron chi connectivity index (χ4n) is 2.74. The number of amides is 3. The Bertz CT molecular complexity index is 902. The topological polar surface area (TPSA) is 87.5 Å². The van der Waals surface area contributed by atoms with Gasteiger partial charge in [-0.3, -0.25) is 4.79 Å². The number of hydrogen-bond donors (Lipinski definition) is 2. The van der Waals surface area contributed by atoms with Crippen molar-refractivity contribution in [2.45, 2.75) is 19.9 Å². The predicted octanol–water partition coefficient (Wildman–Crippen LogP) is 3.90. The molecule has 1 unspecified atom stereocenters. The molecule has 1 aliphatic heterocycles. The molecule has 0 radical (unpaired) electrons. The molecule has 2 aromatic rings. The van der Waals surface area contributed by atoms with Gasteiger partial charge in [0, 0.05) is 34.4 Å². The van der Waals surface area contributed by atoms with Crippen LogP contribution in [0.5, 0.6) is 0 Å². The summed E-state index contributed by atoms with van der Waals surface area (Å²) in [6, 6.07) is 5.43. The zero-order chi connectivity index (χ0) is 19.0. The van der Waals surface area contributed by atoms with Gasteiger partial charge in [0.05, 0.1) is 11.6 Å². The van der Waals surface area contributed by atoms with Gasteiger partial charge in [0.2, 0.25) is 0 Å². The van der Waals surface area contributed by atoms with Gasteiger partial charge in [-0.2, -0.15) is 0 Å². The van der Waals surface area contributed by atoms with Crippen LogP contribution in [-0.4, -0.2) is 29.0 Å². The molecule has 0 bridgehead atoms. The number of benzene rings is 1. The van der Waals surface area contributed by atoms with E-state index in [0.29, 0.717) is 32.6 Å². The summed E-state index contributed by atoms with van der Waals surface area (Å²) in [7, 11) is 1.57. The van der Waals surface area contributed by atoms with Gasteiger partial charge in [-0.15, -0.1) is 0 Å². The number of anilines is 1. The van der Waals surface area contributed by atoms with Crippen LogP contribution in [0.15, 0.2) is 40.1 Å². The third kappa shape index (κ3) is 3.27. The minimum Gasteiger partial charge on any atom is -0.360 e. The second-order valence-electron chi connectivity index (χ2n) is 5.85. The lowest BCUT2D eigenvalue weighted by Crippen LogP contribution is -2.47. The highest BCUT2D eigenvalue weighted by Crippen LogP contribution is 2.38. The smallest absolute Gasteiger partial charge is 0.322 e. The van der Waals surface area contributed by atoms with Gasteiger partial charge in [-0.1, -0.05) is 34.4 Å². The summed E-state index contributed by atoms with van der Waals surface area (Å²) in [5.41, 5.74) is 1.24. The maximum absolute atomic E-state index is 12.9. The fraction of sp³-hybridized carbons (Fsp3) is 0.235. The van der Waals surface area contributed by atoms with Crippen LogP contribution >= 0.6 is 23.2 Å². The summed E-state index contributed by atoms with van der Waals surface area (Å²) in [5, 5.41) is 9.90. The summed E-state index contributed by atoms with van der Waals surface area (Å²) in [5.74, 6) is 0.394. The molecule has 9 heteroatoms. The number of carbonyl (C=O) groups excluding carboxylic acids is 2. The van der Waals surface area contributed by atoms with Crippen LogP contribution in [-0.2, 0) is 4.79 Å². The molecule has 1 atom stereocenters. The summed E-state index contributed by atoms with van der Waals surface area (Å²) < 4.78 is 4.96. The van der Waals surface area contributed by atoms with E-state index < -0.39 is 11.9 Å². The second-order valence-corrected chi connectivity index (χ2v) is 6.67. The SMILES string of the molecule is CC1=C(C(=O)Nc2cc(C)on2)C(c2c(Cl)cccc2Cl)NC(=O)N1C. The maximum Gasteiger partial charge on any atom is 0.322 e. The Balaban J connectivity index is 2.07. The van der Waals surface area contributed by atoms with Crippen molar-refractivity contribution in [2.75, 3.05) is 12.4 Å². The van der Waals surface area contributed by atoms with E-state index >= 15 is 0 Å². The molecule has 3 amide bonds. The number of hydrogen-bond acceptors (Lipinski definition) is 4. The molecule has 2 heterocycles. The van der Waals surface area contributed by atoms with E-state index in [2.05, 4.69) is 15.8 Å². The largest absolute Gasteiger partial charge is 0.360 e. The van der Waals surface area contributed by atoms with Crippen LogP contribution in [0.3, 0.4) is 0 Å². The van der Waals surface area contributed by atoms with Crippen molar-refractivity contribution < 1.29 is 14.1 Å². The van der Waals surface area contributed by atoms with Crippen LogP contribution in [0.1, 0.15) is 24.3 Å². The average Bonchev–Trinajstić information content (AvgIpc) is 2.97. The fourth-order valence-corrected chi connectivity index (χ4v) is 3.36. The number of allylic oxidation sites excluding steroid dienone is 1. The van der Waals surface area contributed by atoms with Crippen molar-refractivity contribution in [3.8, 4) is 0 Å². The van der Waals surface area contributed by atoms with Gasteiger partial charge in [-0.25, -0.2) is 4.79 Å². The molecule has 1 aromatic heterocycles. The second kappa shape index (κ2) is 7.01. The first-order valence-corrected chi connectivity index (χ1v) is 8.48. The van der Waals surface area contributed by atoms with Crippen LogP contribution in [0.4, 0.5) is 10.6 Å².